The maximum atomic E-state index is 8.68. The second-order valence-electron chi connectivity index (χ2n) is 2.15. The van der Waals surface area contributed by atoms with Crippen LogP contribution in [-0.4, -0.2) is 14.7 Å². The van der Waals surface area contributed by atoms with E-state index in [4.69, 9.17) is 5.21 Å². The van der Waals surface area contributed by atoms with Gasteiger partial charge in [0, 0.05) is 5.56 Å². The molecule has 64 valence electrons. The van der Waals surface area contributed by atoms with Crippen LogP contribution in [0.2, 0.25) is 0 Å². The van der Waals surface area contributed by atoms with E-state index in [0.29, 0.717) is 5.71 Å². The maximum absolute atomic E-state index is 8.68. The Kier molecular flexibility index (Phi) is 3.75. The predicted molar refractivity (Wildman–Crippen MR) is 56.4 cm³/mol. The van der Waals surface area contributed by atoms with Crippen LogP contribution < -0.4 is 0 Å². The van der Waals surface area contributed by atoms with Crippen LogP contribution in [0.4, 0.5) is 0 Å². The summed E-state index contributed by atoms with van der Waals surface area (Å²) in [5.41, 5.74) is 1.45. The average Bonchev–Trinajstić information content (AvgIpc) is 2.07. The standard InChI is InChI=1S/C8H7Br2NO/c9-8(10)7(11-12)6-4-2-1-3-5-6/h1-5,8,12H/b11-7-. The molecular formula is C8H7Br2NO. The first-order chi connectivity index (χ1) is 5.75. The van der Waals surface area contributed by atoms with Gasteiger partial charge in [0.05, 0.1) is 0 Å². The molecule has 0 radical (unpaired) electrons. The van der Waals surface area contributed by atoms with Gasteiger partial charge in [0.25, 0.3) is 0 Å². The van der Waals surface area contributed by atoms with Crippen molar-refractivity contribution in [3.8, 4) is 0 Å². The normalized spacial score (nSPS) is 12.1. The van der Waals surface area contributed by atoms with Crippen molar-refractivity contribution in [2.75, 3.05) is 0 Å². The third-order valence-corrected chi connectivity index (χ3v) is 2.25. The molecule has 12 heavy (non-hydrogen) atoms. The Morgan fingerprint density at radius 2 is 1.83 bits per heavy atom. The third kappa shape index (κ3) is 2.32. The summed E-state index contributed by atoms with van der Waals surface area (Å²) in [5, 5.41) is 11.9. The zero-order valence-corrected chi connectivity index (χ0v) is 9.29. The Hall–Kier alpha value is -0.350. The van der Waals surface area contributed by atoms with Crippen molar-refractivity contribution in [3.05, 3.63) is 35.9 Å². The molecule has 0 amide bonds. The number of benzene rings is 1. The van der Waals surface area contributed by atoms with Crippen molar-refractivity contribution in [3.63, 3.8) is 0 Å². The van der Waals surface area contributed by atoms with Crippen LogP contribution in [0.15, 0.2) is 35.5 Å². The quantitative estimate of drug-likeness (QED) is 0.386. The molecule has 0 saturated carbocycles. The number of nitrogens with zero attached hydrogens (tertiary/aromatic N) is 1. The van der Waals surface area contributed by atoms with E-state index in [0.717, 1.165) is 5.56 Å². The van der Waals surface area contributed by atoms with E-state index in [1.807, 2.05) is 30.3 Å². The van der Waals surface area contributed by atoms with Crippen LogP contribution >= 0.6 is 31.9 Å². The molecule has 0 bridgehead atoms. The molecule has 1 aromatic carbocycles. The van der Waals surface area contributed by atoms with Gasteiger partial charge in [0.15, 0.2) is 0 Å². The third-order valence-electron chi connectivity index (χ3n) is 1.38. The maximum Gasteiger partial charge on any atom is 0.116 e. The number of oxime groups is 1. The van der Waals surface area contributed by atoms with Crippen LogP contribution in [-0.2, 0) is 0 Å². The highest BCUT2D eigenvalue weighted by atomic mass is 79.9. The topological polar surface area (TPSA) is 32.6 Å². The Morgan fingerprint density at radius 3 is 2.25 bits per heavy atom. The highest BCUT2D eigenvalue weighted by Gasteiger charge is 2.10. The van der Waals surface area contributed by atoms with Gasteiger partial charge >= 0.3 is 0 Å². The van der Waals surface area contributed by atoms with Gasteiger partial charge in [-0.05, 0) is 0 Å². The van der Waals surface area contributed by atoms with Crippen LogP contribution in [0.3, 0.4) is 0 Å². The summed E-state index contributed by atoms with van der Waals surface area (Å²) in [7, 11) is 0. The molecule has 0 aromatic heterocycles. The monoisotopic (exact) mass is 291 g/mol. The highest BCUT2D eigenvalue weighted by Crippen LogP contribution is 2.16. The van der Waals surface area contributed by atoms with Gasteiger partial charge in [-0.25, -0.2) is 0 Å². The van der Waals surface area contributed by atoms with Crippen molar-refractivity contribution in [1.29, 1.82) is 0 Å². The minimum absolute atomic E-state index is 0.127. The molecule has 0 spiro atoms. The second kappa shape index (κ2) is 4.62. The van der Waals surface area contributed by atoms with E-state index in [-0.39, 0.29) is 3.74 Å². The summed E-state index contributed by atoms with van der Waals surface area (Å²) in [6.45, 7) is 0. The molecule has 0 heterocycles. The zero-order valence-electron chi connectivity index (χ0n) is 6.11. The first-order valence-corrected chi connectivity index (χ1v) is 5.14. The Morgan fingerprint density at radius 1 is 1.25 bits per heavy atom. The largest absolute Gasteiger partial charge is 0.411 e. The highest BCUT2D eigenvalue weighted by molar-refractivity contribution is 9.25. The average molecular weight is 293 g/mol. The van der Waals surface area contributed by atoms with Gasteiger partial charge in [-0.1, -0.05) is 67.3 Å². The molecule has 0 fully saturated rings. The summed E-state index contributed by atoms with van der Waals surface area (Å²) in [6, 6.07) is 9.46. The first-order valence-electron chi connectivity index (χ1n) is 3.31. The summed E-state index contributed by atoms with van der Waals surface area (Å²) in [5.74, 6) is 0. The van der Waals surface area contributed by atoms with E-state index < -0.39 is 0 Å². The van der Waals surface area contributed by atoms with Crippen LogP contribution in [0.1, 0.15) is 5.56 Å². The van der Waals surface area contributed by atoms with E-state index in [1.165, 1.54) is 0 Å². The summed E-state index contributed by atoms with van der Waals surface area (Å²) in [4.78, 5) is 0. The Labute approximate surface area is 87.5 Å². The SMILES string of the molecule is O/N=C(/c1ccccc1)C(Br)Br. The van der Waals surface area contributed by atoms with E-state index in [1.54, 1.807) is 0 Å². The van der Waals surface area contributed by atoms with Crippen LogP contribution in [0.5, 0.6) is 0 Å². The molecule has 1 rings (SSSR count). The van der Waals surface area contributed by atoms with Gasteiger partial charge in [0.1, 0.15) is 9.45 Å². The smallest absolute Gasteiger partial charge is 0.116 e. The lowest BCUT2D eigenvalue weighted by molar-refractivity contribution is 0.319. The van der Waals surface area contributed by atoms with Crippen LogP contribution in [0, 0.1) is 0 Å². The molecule has 4 heteroatoms. The molecule has 0 aliphatic heterocycles. The molecule has 0 aliphatic carbocycles. The van der Waals surface area contributed by atoms with Crippen molar-refractivity contribution >= 4 is 37.6 Å². The van der Waals surface area contributed by atoms with Gasteiger partial charge in [0.2, 0.25) is 0 Å². The summed E-state index contributed by atoms with van der Waals surface area (Å²) in [6.07, 6.45) is 0. The number of rotatable bonds is 2. The van der Waals surface area contributed by atoms with Gasteiger partial charge in [-0.2, -0.15) is 0 Å². The molecule has 1 N–H and O–H groups in total. The number of halogens is 2. The van der Waals surface area contributed by atoms with Crippen LogP contribution in [0.25, 0.3) is 0 Å². The lowest BCUT2D eigenvalue weighted by Crippen LogP contribution is -2.08. The fourth-order valence-electron chi connectivity index (χ4n) is 0.836. The molecule has 2 nitrogen and oxygen atoms in total. The summed E-state index contributed by atoms with van der Waals surface area (Å²) >= 11 is 6.53. The van der Waals surface area contributed by atoms with E-state index in [2.05, 4.69) is 37.0 Å². The molecule has 0 unspecified atom stereocenters. The minimum Gasteiger partial charge on any atom is -0.411 e. The fourth-order valence-corrected chi connectivity index (χ4v) is 1.55. The molecule has 0 saturated heterocycles. The fraction of sp³-hybridized carbons (Fsp3) is 0.125. The number of hydrogen-bond donors (Lipinski definition) is 1. The van der Waals surface area contributed by atoms with E-state index in [9.17, 15) is 0 Å². The predicted octanol–water partition coefficient (Wildman–Crippen LogP) is 2.98. The van der Waals surface area contributed by atoms with Crippen molar-refractivity contribution in [2.45, 2.75) is 3.74 Å². The molecule has 0 atom stereocenters. The van der Waals surface area contributed by atoms with Gasteiger partial charge < -0.3 is 5.21 Å². The molecule has 0 aliphatic rings. The Balaban J connectivity index is 2.97. The molecular weight excluding hydrogens is 286 g/mol. The Bertz CT molecular complexity index is 272. The van der Waals surface area contributed by atoms with Gasteiger partial charge in [-0.15, -0.1) is 0 Å². The lowest BCUT2D eigenvalue weighted by Gasteiger charge is -2.03. The van der Waals surface area contributed by atoms with Crippen molar-refractivity contribution in [1.82, 2.24) is 0 Å². The minimum atomic E-state index is -0.127. The van der Waals surface area contributed by atoms with Gasteiger partial charge in [-0.3, -0.25) is 0 Å². The molecule has 1 aromatic rings. The lowest BCUT2D eigenvalue weighted by atomic mass is 10.1. The number of alkyl halides is 2. The second-order valence-corrected chi connectivity index (χ2v) is 5.21. The zero-order chi connectivity index (χ0) is 8.97. The summed E-state index contributed by atoms with van der Waals surface area (Å²) < 4.78 is -0.127. The first kappa shape index (κ1) is 9.74. The van der Waals surface area contributed by atoms with E-state index >= 15 is 0 Å². The van der Waals surface area contributed by atoms with Crippen molar-refractivity contribution < 1.29 is 5.21 Å². The van der Waals surface area contributed by atoms with Crippen molar-refractivity contribution in [2.24, 2.45) is 5.16 Å². The number of hydrogen-bond acceptors (Lipinski definition) is 2.